The smallest absolute Gasteiger partial charge is 0.237 e. The highest BCUT2D eigenvalue weighted by molar-refractivity contribution is 5.83. The van der Waals surface area contributed by atoms with Gasteiger partial charge in [-0.1, -0.05) is 12.8 Å². The summed E-state index contributed by atoms with van der Waals surface area (Å²) in [6, 6.07) is 0. The topological polar surface area (TPSA) is 78.3 Å². The summed E-state index contributed by atoms with van der Waals surface area (Å²) in [5, 5.41) is 0. The summed E-state index contributed by atoms with van der Waals surface area (Å²) in [5.41, 5.74) is 9.85. The van der Waals surface area contributed by atoms with Crippen LogP contribution < -0.4 is 11.5 Å². The van der Waals surface area contributed by atoms with E-state index in [-0.39, 0.29) is 0 Å². The van der Waals surface area contributed by atoms with Crippen molar-refractivity contribution in [2.75, 3.05) is 13.2 Å². The quantitative estimate of drug-likeness (QED) is 0.584. The molecule has 0 aromatic heterocycles. The van der Waals surface area contributed by atoms with Crippen LogP contribution in [0.5, 0.6) is 0 Å². The van der Waals surface area contributed by atoms with Gasteiger partial charge < -0.3 is 16.2 Å². The zero-order chi connectivity index (χ0) is 10.6. The van der Waals surface area contributed by atoms with Gasteiger partial charge in [0.25, 0.3) is 0 Å². The number of ether oxygens (including phenoxy) is 1. The molecule has 0 aromatic rings. The predicted octanol–water partition coefficient (Wildman–Crippen LogP) is 0.396. The van der Waals surface area contributed by atoms with Crippen LogP contribution in [0.15, 0.2) is 0 Å². The largest absolute Gasteiger partial charge is 0.381 e. The third-order valence-electron chi connectivity index (χ3n) is 2.70. The number of amides is 1. The van der Waals surface area contributed by atoms with Crippen molar-refractivity contribution in [1.29, 1.82) is 0 Å². The van der Waals surface area contributed by atoms with Gasteiger partial charge in [0.2, 0.25) is 5.91 Å². The van der Waals surface area contributed by atoms with Gasteiger partial charge in [-0.3, -0.25) is 4.79 Å². The first kappa shape index (κ1) is 11.5. The van der Waals surface area contributed by atoms with Crippen molar-refractivity contribution in [3.8, 4) is 0 Å². The number of carbonyl (C=O) groups is 1. The fourth-order valence-corrected chi connectivity index (χ4v) is 1.17. The van der Waals surface area contributed by atoms with E-state index in [2.05, 4.69) is 0 Å². The third kappa shape index (κ3) is 4.07. The number of hydrogen-bond donors (Lipinski definition) is 2. The van der Waals surface area contributed by atoms with E-state index in [0.717, 1.165) is 18.9 Å². The van der Waals surface area contributed by atoms with Crippen LogP contribution >= 0.6 is 0 Å². The van der Waals surface area contributed by atoms with Crippen molar-refractivity contribution in [3.05, 3.63) is 0 Å². The predicted molar refractivity (Wildman–Crippen MR) is 54.6 cm³/mol. The fourth-order valence-electron chi connectivity index (χ4n) is 1.17. The Morgan fingerprint density at radius 2 is 2.14 bits per heavy atom. The minimum atomic E-state index is -0.931. The van der Waals surface area contributed by atoms with Gasteiger partial charge in [-0.25, -0.2) is 0 Å². The maximum atomic E-state index is 10.8. The van der Waals surface area contributed by atoms with E-state index < -0.39 is 11.4 Å². The number of carbonyl (C=O) groups excluding carboxylic acids is 1. The van der Waals surface area contributed by atoms with Crippen molar-refractivity contribution in [2.24, 2.45) is 17.4 Å². The fraction of sp³-hybridized carbons (Fsp3) is 0.900. The van der Waals surface area contributed by atoms with E-state index in [1.807, 2.05) is 0 Å². The molecule has 1 atom stereocenters. The molecule has 1 aliphatic carbocycles. The molecule has 4 heteroatoms. The van der Waals surface area contributed by atoms with Crippen LogP contribution in [0.1, 0.15) is 32.6 Å². The number of hydrogen-bond acceptors (Lipinski definition) is 3. The lowest BCUT2D eigenvalue weighted by molar-refractivity contribution is -0.123. The van der Waals surface area contributed by atoms with Gasteiger partial charge in [0.15, 0.2) is 0 Å². The Morgan fingerprint density at radius 1 is 1.50 bits per heavy atom. The first-order valence-electron chi connectivity index (χ1n) is 5.19. The lowest BCUT2D eigenvalue weighted by Gasteiger charge is -2.19. The highest BCUT2D eigenvalue weighted by Crippen LogP contribution is 2.32. The van der Waals surface area contributed by atoms with Crippen molar-refractivity contribution in [2.45, 2.75) is 38.1 Å². The van der Waals surface area contributed by atoms with E-state index in [1.165, 1.54) is 12.8 Å². The molecule has 0 aromatic carbocycles. The second kappa shape index (κ2) is 4.75. The molecule has 4 nitrogen and oxygen atoms in total. The monoisotopic (exact) mass is 200 g/mol. The Labute approximate surface area is 85.0 Å². The normalized spacial score (nSPS) is 20.4. The van der Waals surface area contributed by atoms with Crippen LogP contribution in [0.4, 0.5) is 0 Å². The standard InChI is InChI=1S/C10H20N2O2/c1-10(12,9(11)13)5-7-14-6-4-8-2-3-8/h8H,2-7,12H2,1H3,(H2,11,13). The van der Waals surface area contributed by atoms with E-state index in [1.54, 1.807) is 6.92 Å². The Balaban J connectivity index is 1.98. The van der Waals surface area contributed by atoms with E-state index in [4.69, 9.17) is 16.2 Å². The number of rotatable bonds is 7. The first-order valence-corrected chi connectivity index (χ1v) is 5.19. The Morgan fingerprint density at radius 3 is 2.64 bits per heavy atom. The van der Waals surface area contributed by atoms with Gasteiger partial charge in [-0.2, -0.15) is 0 Å². The van der Waals surface area contributed by atoms with Gasteiger partial charge >= 0.3 is 0 Å². The second-order valence-corrected chi connectivity index (χ2v) is 4.38. The lowest BCUT2D eigenvalue weighted by atomic mass is 9.99. The molecular weight excluding hydrogens is 180 g/mol. The van der Waals surface area contributed by atoms with Gasteiger partial charge in [-0.05, 0) is 25.7 Å². The molecule has 0 spiro atoms. The molecule has 0 heterocycles. The summed E-state index contributed by atoms with van der Waals surface area (Å²) in [7, 11) is 0. The SMILES string of the molecule is CC(N)(CCOCCC1CC1)C(N)=O. The van der Waals surface area contributed by atoms with Crippen molar-refractivity contribution < 1.29 is 9.53 Å². The van der Waals surface area contributed by atoms with Crippen LogP contribution in [0.3, 0.4) is 0 Å². The van der Waals surface area contributed by atoms with Gasteiger partial charge in [-0.15, -0.1) is 0 Å². The minimum absolute atomic E-state index is 0.469. The zero-order valence-corrected chi connectivity index (χ0v) is 8.79. The molecule has 4 N–H and O–H groups in total. The molecule has 0 radical (unpaired) electrons. The number of primary amides is 1. The second-order valence-electron chi connectivity index (χ2n) is 4.38. The average Bonchev–Trinajstić information content (AvgIpc) is 2.87. The van der Waals surface area contributed by atoms with Gasteiger partial charge in [0, 0.05) is 13.2 Å². The minimum Gasteiger partial charge on any atom is -0.381 e. The molecule has 1 aliphatic rings. The summed E-state index contributed by atoms with van der Waals surface area (Å²) < 4.78 is 5.38. The molecule has 0 saturated heterocycles. The zero-order valence-electron chi connectivity index (χ0n) is 8.79. The molecule has 1 unspecified atom stereocenters. The Bertz CT molecular complexity index is 200. The van der Waals surface area contributed by atoms with Crippen LogP contribution in [0, 0.1) is 5.92 Å². The first-order chi connectivity index (χ1) is 6.52. The molecule has 1 fully saturated rings. The number of nitrogens with two attached hydrogens (primary N) is 2. The summed E-state index contributed by atoms with van der Waals surface area (Å²) in [4.78, 5) is 10.8. The van der Waals surface area contributed by atoms with Crippen molar-refractivity contribution >= 4 is 5.91 Å². The van der Waals surface area contributed by atoms with Crippen molar-refractivity contribution in [3.63, 3.8) is 0 Å². The van der Waals surface area contributed by atoms with Crippen molar-refractivity contribution in [1.82, 2.24) is 0 Å². The van der Waals surface area contributed by atoms with E-state index in [9.17, 15) is 4.79 Å². The highest BCUT2D eigenvalue weighted by Gasteiger charge is 2.25. The van der Waals surface area contributed by atoms with Gasteiger partial charge in [0.1, 0.15) is 0 Å². The van der Waals surface area contributed by atoms with Crippen LogP contribution in [-0.2, 0) is 9.53 Å². The molecule has 1 amide bonds. The van der Waals surface area contributed by atoms with Crippen LogP contribution in [-0.4, -0.2) is 24.7 Å². The molecule has 0 bridgehead atoms. The summed E-state index contributed by atoms with van der Waals surface area (Å²) in [6.45, 7) is 2.93. The summed E-state index contributed by atoms with van der Waals surface area (Å²) in [6.07, 6.45) is 4.32. The molecular formula is C10H20N2O2. The highest BCUT2D eigenvalue weighted by atomic mass is 16.5. The molecule has 1 rings (SSSR count). The third-order valence-corrected chi connectivity index (χ3v) is 2.70. The van der Waals surface area contributed by atoms with Crippen LogP contribution in [0.2, 0.25) is 0 Å². The molecule has 82 valence electrons. The Kier molecular flexibility index (Phi) is 3.89. The molecule has 14 heavy (non-hydrogen) atoms. The van der Waals surface area contributed by atoms with Gasteiger partial charge in [0.05, 0.1) is 5.54 Å². The summed E-state index contributed by atoms with van der Waals surface area (Å²) in [5.74, 6) is 0.415. The summed E-state index contributed by atoms with van der Waals surface area (Å²) >= 11 is 0. The lowest BCUT2D eigenvalue weighted by Crippen LogP contribution is -2.50. The maximum Gasteiger partial charge on any atom is 0.237 e. The molecule has 1 saturated carbocycles. The Hall–Kier alpha value is -0.610. The van der Waals surface area contributed by atoms with Crippen LogP contribution in [0.25, 0.3) is 0 Å². The molecule has 0 aliphatic heterocycles. The van der Waals surface area contributed by atoms with E-state index in [0.29, 0.717) is 13.0 Å². The van der Waals surface area contributed by atoms with E-state index >= 15 is 0 Å². The maximum absolute atomic E-state index is 10.8. The average molecular weight is 200 g/mol.